The number of anilines is 2. The van der Waals surface area contributed by atoms with E-state index in [0.717, 1.165) is 12.5 Å². The number of aromatic nitrogens is 3. The van der Waals surface area contributed by atoms with Crippen molar-refractivity contribution in [3.63, 3.8) is 0 Å². The van der Waals surface area contributed by atoms with Crippen LogP contribution in [0.5, 0.6) is 6.01 Å². The molecule has 1 aromatic rings. The van der Waals surface area contributed by atoms with Gasteiger partial charge in [0.25, 0.3) is 0 Å². The first kappa shape index (κ1) is 12.4. The molecule has 6 heteroatoms. The van der Waals surface area contributed by atoms with E-state index in [1.807, 2.05) is 0 Å². The summed E-state index contributed by atoms with van der Waals surface area (Å²) in [7, 11) is 1.55. The number of methoxy groups -OCH3 is 1. The van der Waals surface area contributed by atoms with Crippen LogP contribution in [0.1, 0.15) is 38.5 Å². The summed E-state index contributed by atoms with van der Waals surface area (Å²) in [5, 5.41) is 0. The van der Waals surface area contributed by atoms with Crippen LogP contribution in [0.25, 0.3) is 0 Å². The molecule has 19 heavy (non-hydrogen) atoms. The van der Waals surface area contributed by atoms with Crippen molar-refractivity contribution < 1.29 is 4.74 Å². The number of hydrogen-bond acceptors (Lipinski definition) is 6. The average molecular weight is 263 g/mol. The van der Waals surface area contributed by atoms with Gasteiger partial charge < -0.3 is 15.4 Å². The number of rotatable bonds is 2. The highest BCUT2D eigenvalue weighted by atomic mass is 16.5. The number of piperidine rings is 1. The summed E-state index contributed by atoms with van der Waals surface area (Å²) in [6.45, 7) is 1.01. The molecule has 0 bridgehead atoms. The third-order valence-electron chi connectivity index (χ3n) is 4.30. The van der Waals surface area contributed by atoms with Crippen LogP contribution in [0.2, 0.25) is 0 Å². The predicted octanol–water partition coefficient (Wildman–Crippen LogP) is 1.62. The zero-order chi connectivity index (χ0) is 13.2. The molecule has 2 N–H and O–H groups in total. The number of nitrogens with zero attached hydrogens (tertiary/aromatic N) is 4. The molecule has 0 amide bonds. The Bertz CT molecular complexity index is 451. The van der Waals surface area contributed by atoms with Gasteiger partial charge in [-0.2, -0.15) is 15.0 Å². The Kier molecular flexibility index (Phi) is 3.40. The van der Waals surface area contributed by atoms with Gasteiger partial charge in [-0.15, -0.1) is 0 Å². The molecule has 1 aliphatic carbocycles. The fourth-order valence-electron chi connectivity index (χ4n) is 3.45. The van der Waals surface area contributed by atoms with Crippen LogP contribution in [0.15, 0.2) is 0 Å². The SMILES string of the molecule is COc1nc(N)nc(N2CCC[C@H]3CCCC[C@H]32)n1. The van der Waals surface area contributed by atoms with E-state index in [0.29, 0.717) is 18.0 Å². The van der Waals surface area contributed by atoms with E-state index in [1.54, 1.807) is 7.11 Å². The molecule has 2 heterocycles. The van der Waals surface area contributed by atoms with Gasteiger partial charge in [-0.3, -0.25) is 0 Å². The van der Waals surface area contributed by atoms with E-state index in [4.69, 9.17) is 10.5 Å². The van der Waals surface area contributed by atoms with Crippen LogP contribution >= 0.6 is 0 Å². The van der Waals surface area contributed by atoms with E-state index in [2.05, 4.69) is 19.9 Å². The van der Waals surface area contributed by atoms with Crippen LogP contribution in [-0.2, 0) is 0 Å². The molecule has 1 aliphatic heterocycles. The Balaban J connectivity index is 1.89. The molecule has 104 valence electrons. The molecule has 0 spiro atoms. The lowest BCUT2D eigenvalue weighted by molar-refractivity contribution is 0.241. The number of nitrogen functional groups attached to an aromatic ring is 1. The first-order valence-corrected chi connectivity index (χ1v) is 7.10. The molecule has 3 rings (SSSR count). The third kappa shape index (κ3) is 2.43. The largest absolute Gasteiger partial charge is 0.467 e. The fraction of sp³-hybridized carbons (Fsp3) is 0.769. The summed E-state index contributed by atoms with van der Waals surface area (Å²) in [5.41, 5.74) is 5.74. The van der Waals surface area contributed by atoms with Crippen molar-refractivity contribution >= 4 is 11.9 Å². The van der Waals surface area contributed by atoms with Gasteiger partial charge in [-0.05, 0) is 31.6 Å². The van der Waals surface area contributed by atoms with Gasteiger partial charge in [0.2, 0.25) is 11.9 Å². The normalized spacial score (nSPS) is 26.9. The lowest BCUT2D eigenvalue weighted by Gasteiger charge is -2.44. The molecule has 1 saturated heterocycles. The second-order valence-corrected chi connectivity index (χ2v) is 5.43. The minimum absolute atomic E-state index is 0.236. The van der Waals surface area contributed by atoms with Gasteiger partial charge in [0.15, 0.2) is 0 Å². The highest BCUT2D eigenvalue weighted by molar-refractivity contribution is 5.38. The second-order valence-electron chi connectivity index (χ2n) is 5.43. The van der Waals surface area contributed by atoms with E-state index in [1.165, 1.54) is 38.5 Å². The summed E-state index contributed by atoms with van der Waals surface area (Å²) < 4.78 is 5.09. The summed E-state index contributed by atoms with van der Waals surface area (Å²) in [5.74, 6) is 1.70. The number of ether oxygens (including phenoxy) is 1. The summed E-state index contributed by atoms with van der Waals surface area (Å²) in [4.78, 5) is 14.9. The Morgan fingerprint density at radius 2 is 1.89 bits per heavy atom. The maximum absolute atomic E-state index is 5.74. The van der Waals surface area contributed by atoms with Gasteiger partial charge in [-0.1, -0.05) is 12.8 Å². The van der Waals surface area contributed by atoms with Crippen molar-refractivity contribution in [1.82, 2.24) is 15.0 Å². The number of fused-ring (bicyclic) bond motifs is 1. The maximum Gasteiger partial charge on any atom is 0.322 e. The Hall–Kier alpha value is -1.59. The molecule has 0 radical (unpaired) electrons. The Morgan fingerprint density at radius 3 is 2.74 bits per heavy atom. The maximum atomic E-state index is 5.74. The Labute approximate surface area is 113 Å². The van der Waals surface area contributed by atoms with E-state index in [9.17, 15) is 0 Å². The van der Waals surface area contributed by atoms with Crippen molar-refractivity contribution in [3.8, 4) is 6.01 Å². The van der Waals surface area contributed by atoms with Crippen molar-refractivity contribution in [2.75, 3.05) is 24.3 Å². The number of nitrogens with two attached hydrogens (primary N) is 1. The highest BCUT2D eigenvalue weighted by Gasteiger charge is 2.34. The summed E-state index contributed by atoms with van der Waals surface area (Å²) >= 11 is 0. The van der Waals surface area contributed by atoms with Gasteiger partial charge in [0, 0.05) is 12.6 Å². The zero-order valence-electron chi connectivity index (χ0n) is 11.4. The molecule has 6 nitrogen and oxygen atoms in total. The van der Waals surface area contributed by atoms with Crippen LogP contribution in [-0.4, -0.2) is 34.6 Å². The standard InChI is InChI=1S/C13H21N5O/c1-19-13-16-11(14)15-12(17-13)18-8-4-6-9-5-2-3-7-10(9)18/h9-10H,2-8H2,1H3,(H2,14,15,16,17)/t9-,10-/m1/s1. The van der Waals surface area contributed by atoms with Crippen molar-refractivity contribution in [3.05, 3.63) is 0 Å². The van der Waals surface area contributed by atoms with Gasteiger partial charge in [0.1, 0.15) is 0 Å². The van der Waals surface area contributed by atoms with Crippen molar-refractivity contribution in [1.29, 1.82) is 0 Å². The molecule has 0 unspecified atom stereocenters. The third-order valence-corrected chi connectivity index (χ3v) is 4.30. The quantitative estimate of drug-likeness (QED) is 0.873. The van der Waals surface area contributed by atoms with Crippen LogP contribution in [0, 0.1) is 5.92 Å². The number of hydrogen-bond donors (Lipinski definition) is 1. The molecule has 1 aromatic heterocycles. The van der Waals surface area contributed by atoms with E-state index < -0.39 is 0 Å². The highest BCUT2D eigenvalue weighted by Crippen LogP contribution is 2.36. The smallest absolute Gasteiger partial charge is 0.322 e. The van der Waals surface area contributed by atoms with Crippen LogP contribution in [0.3, 0.4) is 0 Å². The lowest BCUT2D eigenvalue weighted by Crippen LogP contribution is -2.47. The van der Waals surface area contributed by atoms with Gasteiger partial charge in [-0.25, -0.2) is 0 Å². The summed E-state index contributed by atoms with van der Waals surface area (Å²) in [6.07, 6.45) is 7.76. The van der Waals surface area contributed by atoms with Crippen molar-refractivity contribution in [2.24, 2.45) is 5.92 Å². The minimum Gasteiger partial charge on any atom is -0.467 e. The molecular weight excluding hydrogens is 242 g/mol. The van der Waals surface area contributed by atoms with Gasteiger partial charge in [0.05, 0.1) is 7.11 Å². The topological polar surface area (TPSA) is 77.2 Å². The molecular formula is C13H21N5O. The predicted molar refractivity (Wildman–Crippen MR) is 73.1 cm³/mol. The molecule has 2 aliphatic rings. The zero-order valence-corrected chi connectivity index (χ0v) is 11.4. The molecule has 0 aromatic carbocycles. The lowest BCUT2D eigenvalue weighted by atomic mass is 9.78. The first-order chi connectivity index (χ1) is 9.28. The molecule has 2 fully saturated rings. The van der Waals surface area contributed by atoms with E-state index in [-0.39, 0.29) is 5.95 Å². The van der Waals surface area contributed by atoms with Crippen LogP contribution < -0.4 is 15.4 Å². The minimum atomic E-state index is 0.236. The molecule has 1 saturated carbocycles. The fourth-order valence-corrected chi connectivity index (χ4v) is 3.45. The molecule has 2 atom stereocenters. The van der Waals surface area contributed by atoms with E-state index >= 15 is 0 Å². The Morgan fingerprint density at radius 1 is 1.11 bits per heavy atom. The average Bonchev–Trinajstić information content (AvgIpc) is 2.46. The van der Waals surface area contributed by atoms with Crippen LogP contribution in [0.4, 0.5) is 11.9 Å². The second kappa shape index (κ2) is 5.19. The summed E-state index contributed by atoms with van der Waals surface area (Å²) in [6, 6.07) is 0.870. The monoisotopic (exact) mass is 263 g/mol. The first-order valence-electron chi connectivity index (χ1n) is 7.10. The van der Waals surface area contributed by atoms with Crippen molar-refractivity contribution in [2.45, 2.75) is 44.6 Å². The van der Waals surface area contributed by atoms with Gasteiger partial charge >= 0.3 is 6.01 Å².